The lowest BCUT2D eigenvalue weighted by Gasteiger charge is -2.16. The number of benzene rings is 2. The Balaban J connectivity index is 2.01. The van der Waals surface area contributed by atoms with E-state index in [-0.39, 0.29) is 28.5 Å². The van der Waals surface area contributed by atoms with E-state index in [0.29, 0.717) is 5.56 Å². The first-order chi connectivity index (χ1) is 13.2. The third-order valence-electron chi connectivity index (χ3n) is 4.17. The third kappa shape index (κ3) is 3.83. The molecule has 1 N–H and O–H groups in total. The molecule has 2 aromatic carbocycles. The Morgan fingerprint density at radius 3 is 2.11 bits per heavy atom. The number of thioether (sulfide) groups is 1. The maximum Gasteiger partial charge on any atom is 0.416 e. The van der Waals surface area contributed by atoms with Crippen molar-refractivity contribution in [2.75, 3.05) is 17.3 Å². The number of aliphatic hydroxyl groups is 1. The van der Waals surface area contributed by atoms with Crippen LogP contribution < -0.4 is 4.90 Å². The summed E-state index contributed by atoms with van der Waals surface area (Å²) in [6, 6.07) is 10.9. The van der Waals surface area contributed by atoms with Gasteiger partial charge in [0.05, 0.1) is 28.3 Å². The van der Waals surface area contributed by atoms with Crippen molar-refractivity contribution in [1.82, 2.24) is 0 Å². The fraction of sp³-hybridized carbons (Fsp3) is 0.200. The van der Waals surface area contributed by atoms with Crippen molar-refractivity contribution in [2.45, 2.75) is 13.1 Å². The summed E-state index contributed by atoms with van der Waals surface area (Å²) in [5.41, 5.74) is 0.900. The highest BCUT2D eigenvalue weighted by molar-refractivity contribution is 8.04. The van der Waals surface area contributed by atoms with Gasteiger partial charge < -0.3 is 5.11 Å². The third-order valence-corrected chi connectivity index (χ3v) is 5.23. The molecule has 0 fully saturated rings. The molecule has 0 aromatic heterocycles. The van der Waals surface area contributed by atoms with Gasteiger partial charge in [-0.3, -0.25) is 9.59 Å². The Bertz CT molecular complexity index is 935. The molecule has 146 valence electrons. The maximum atomic E-state index is 13.0. The second kappa shape index (κ2) is 7.81. The molecule has 0 saturated heterocycles. The van der Waals surface area contributed by atoms with Crippen LogP contribution in [0.1, 0.15) is 16.7 Å². The SMILES string of the molecule is Cc1ccc(C2=C(SCCO)C(=O)N(c3ccc(C(F)(F)F)cc3)C2=O)cc1. The fourth-order valence-electron chi connectivity index (χ4n) is 2.80. The molecule has 4 nitrogen and oxygen atoms in total. The van der Waals surface area contributed by atoms with Crippen LogP contribution in [0.4, 0.5) is 18.9 Å². The first-order valence-corrected chi connectivity index (χ1v) is 9.33. The van der Waals surface area contributed by atoms with E-state index < -0.39 is 23.6 Å². The van der Waals surface area contributed by atoms with Gasteiger partial charge in [-0.1, -0.05) is 29.8 Å². The molecule has 1 aliphatic heterocycles. The second-order valence-electron chi connectivity index (χ2n) is 6.13. The summed E-state index contributed by atoms with van der Waals surface area (Å²) in [7, 11) is 0. The Morgan fingerprint density at radius 2 is 1.57 bits per heavy atom. The molecular formula is C20H16F3NO3S. The average molecular weight is 407 g/mol. The number of carbonyl (C=O) groups excluding carboxylic acids is 2. The van der Waals surface area contributed by atoms with Gasteiger partial charge in [-0.15, -0.1) is 11.8 Å². The molecule has 28 heavy (non-hydrogen) atoms. The Morgan fingerprint density at radius 1 is 0.964 bits per heavy atom. The van der Waals surface area contributed by atoms with Gasteiger partial charge >= 0.3 is 6.18 Å². The van der Waals surface area contributed by atoms with E-state index in [9.17, 15) is 22.8 Å². The van der Waals surface area contributed by atoms with E-state index in [2.05, 4.69) is 0 Å². The van der Waals surface area contributed by atoms with Crippen LogP contribution in [0.15, 0.2) is 53.4 Å². The number of halogens is 3. The van der Waals surface area contributed by atoms with E-state index in [4.69, 9.17) is 5.11 Å². The van der Waals surface area contributed by atoms with E-state index in [1.807, 2.05) is 6.92 Å². The van der Waals surface area contributed by atoms with Gasteiger partial charge in [0.2, 0.25) is 0 Å². The number of amides is 2. The van der Waals surface area contributed by atoms with Gasteiger partial charge in [0, 0.05) is 5.75 Å². The number of carbonyl (C=O) groups is 2. The zero-order valence-corrected chi connectivity index (χ0v) is 15.6. The summed E-state index contributed by atoms with van der Waals surface area (Å²) in [6.07, 6.45) is -4.51. The van der Waals surface area contributed by atoms with Gasteiger partial charge in [0.25, 0.3) is 11.8 Å². The molecule has 0 atom stereocenters. The lowest BCUT2D eigenvalue weighted by Crippen LogP contribution is -2.31. The van der Waals surface area contributed by atoms with E-state index >= 15 is 0 Å². The van der Waals surface area contributed by atoms with Crippen molar-refractivity contribution >= 4 is 34.8 Å². The molecule has 1 heterocycles. The minimum atomic E-state index is -4.51. The fourth-order valence-corrected chi connectivity index (χ4v) is 3.66. The number of aliphatic hydroxyl groups excluding tert-OH is 1. The number of rotatable bonds is 5. The lowest BCUT2D eigenvalue weighted by atomic mass is 10.0. The smallest absolute Gasteiger partial charge is 0.396 e. The standard InChI is InChI=1S/C20H16F3NO3S/c1-12-2-4-13(5-3-12)16-17(28-11-10-25)19(27)24(18(16)26)15-8-6-14(7-9-15)20(21,22)23/h2-9,25H,10-11H2,1H3. The predicted octanol–water partition coefficient (Wildman–Crippen LogP) is 4.02. The van der Waals surface area contributed by atoms with Crippen LogP contribution in [0, 0.1) is 6.92 Å². The molecule has 0 saturated carbocycles. The number of imide groups is 1. The van der Waals surface area contributed by atoms with Crippen molar-refractivity contribution in [3.05, 3.63) is 70.1 Å². The number of alkyl halides is 3. The highest BCUT2D eigenvalue weighted by Crippen LogP contribution is 2.39. The number of anilines is 1. The van der Waals surface area contributed by atoms with Crippen molar-refractivity contribution in [1.29, 1.82) is 0 Å². The molecule has 2 aromatic rings. The molecular weight excluding hydrogens is 391 g/mol. The molecule has 0 aliphatic carbocycles. The molecule has 1 aliphatic rings. The Hall–Kier alpha value is -2.58. The van der Waals surface area contributed by atoms with Crippen LogP contribution in [0.25, 0.3) is 5.57 Å². The summed E-state index contributed by atoms with van der Waals surface area (Å²) in [5.74, 6) is -1.00. The average Bonchev–Trinajstić information content (AvgIpc) is 2.90. The van der Waals surface area contributed by atoms with E-state index in [1.54, 1.807) is 24.3 Å². The summed E-state index contributed by atoms with van der Waals surface area (Å²) in [5, 5.41) is 9.10. The van der Waals surface area contributed by atoms with Crippen LogP contribution in [0.3, 0.4) is 0 Å². The zero-order chi connectivity index (χ0) is 20.5. The van der Waals surface area contributed by atoms with Crippen LogP contribution in [0.2, 0.25) is 0 Å². The quantitative estimate of drug-likeness (QED) is 0.761. The Kier molecular flexibility index (Phi) is 5.62. The van der Waals surface area contributed by atoms with Gasteiger partial charge in [-0.2, -0.15) is 13.2 Å². The summed E-state index contributed by atoms with van der Waals surface area (Å²) in [6.45, 7) is 1.70. The number of aryl methyl sites for hydroxylation is 1. The highest BCUT2D eigenvalue weighted by atomic mass is 32.2. The van der Waals surface area contributed by atoms with Crippen LogP contribution >= 0.6 is 11.8 Å². The monoisotopic (exact) mass is 407 g/mol. The molecule has 0 unspecified atom stereocenters. The summed E-state index contributed by atoms with van der Waals surface area (Å²) in [4.78, 5) is 26.9. The molecule has 0 bridgehead atoms. The molecule has 2 amide bonds. The van der Waals surface area contributed by atoms with Gasteiger partial charge in [-0.25, -0.2) is 4.90 Å². The van der Waals surface area contributed by atoms with Crippen LogP contribution in [0.5, 0.6) is 0 Å². The normalized spacial score (nSPS) is 15.0. The summed E-state index contributed by atoms with van der Waals surface area (Å²) < 4.78 is 38.4. The molecule has 3 rings (SSSR count). The Labute approximate surface area is 163 Å². The lowest BCUT2D eigenvalue weighted by molar-refractivity contribution is -0.137. The van der Waals surface area contributed by atoms with Gasteiger partial charge in [-0.05, 0) is 36.8 Å². The maximum absolute atomic E-state index is 13.0. The van der Waals surface area contributed by atoms with Crippen molar-refractivity contribution in [3.63, 3.8) is 0 Å². The van der Waals surface area contributed by atoms with Crippen molar-refractivity contribution < 1.29 is 27.9 Å². The van der Waals surface area contributed by atoms with Crippen LogP contribution in [-0.2, 0) is 15.8 Å². The minimum absolute atomic E-state index is 0.0622. The van der Waals surface area contributed by atoms with Crippen LogP contribution in [-0.4, -0.2) is 29.3 Å². The summed E-state index contributed by atoms with van der Waals surface area (Å²) >= 11 is 1.05. The number of hydrogen-bond acceptors (Lipinski definition) is 4. The first-order valence-electron chi connectivity index (χ1n) is 8.35. The van der Waals surface area contributed by atoms with Crippen molar-refractivity contribution in [2.24, 2.45) is 0 Å². The van der Waals surface area contributed by atoms with E-state index in [1.165, 1.54) is 0 Å². The first kappa shape index (κ1) is 20.2. The largest absolute Gasteiger partial charge is 0.416 e. The number of nitrogens with zero attached hydrogens (tertiary/aromatic N) is 1. The van der Waals surface area contributed by atoms with E-state index in [0.717, 1.165) is 46.5 Å². The topological polar surface area (TPSA) is 57.6 Å². The van der Waals surface area contributed by atoms with Gasteiger partial charge in [0.15, 0.2) is 0 Å². The van der Waals surface area contributed by atoms with Crippen molar-refractivity contribution in [3.8, 4) is 0 Å². The molecule has 0 spiro atoms. The molecule has 0 radical (unpaired) electrons. The zero-order valence-electron chi connectivity index (χ0n) is 14.8. The van der Waals surface area contributed by atoms with Gasteiger partial charge in [0.1, 0.15) is 0 Å². The predicted molar refractivity (Wildman–Crippen MR) is 102 cm³/mol. The molecule has 8 heteroatoms. The highest BCUT2D eigenvalue weighted by Gasteiger charge is 2.40. The second-order valence-corrected chi connectivity index (χ2v) is 7.24. The minimum Gasteiger partial charge on any atom is -0.396 e. The number of hydrogen-bond donors (Lipinski definition) is 1.